The van der Waals surface area contributed by atoms with Crippen molar-refractivity contribution in [2.75, 3.05) is 18.4 Å². The van der Waals surface area contributed by atoms with Gasteiger partial charge in [0.05, 0.1) is 6.54 Å². The number of ether oxygens (including phenoxy) is 1. The van der Waals surface area contributed by atoms with Crippen LogP contribution in [0.25, 0.3) is 0 Å². The topological polar surface area (TPSA) is 50.4 Å². The maximum Gasteiger partial charge on any atom is 0.387 e. The number of hydrogen-bond acceptors (Lipinski definition) is 3. The van der Waals surface area contributed by atoms with E-state index in [1.54, 1.807) is 12.1 Å². The fourth-order valence-corrected chi connectivity index (χ4v) is 1.50. The first-order valence-corrected chi connectivity index (χ1v) is 6.53. The van der Waals surface area contributed by atoms with E-state index in [1.807, 2.05) is 0 Å². The molecule has 2 N–H and O–H groups in total. The number of hydrogen-bond donors (Lipinski definition) is 2. The Kier molecular flexibility index (Phi) is 6.76. The summed E-state index contributed by atoms with van der Waals surface area (Å²) in [5, 5.41) is 5.70. The highest BCUT2D eigenvalue weighted by molar-refractivity contribution is 5.80. The van der Waals surface area contributed by atoms with Gasteiger partial charge in [0.15, 0.2) is 0 Å². The number of nitrogens with one attached hydrogen (secondary N) is 2. The largest absolute Gasteiger partial charge is 0.435 e. The van der Waals surface area contributed by atoms with Crippen LogP contribution in [0.15, 0.2) is 24.3 Å². The lowest BCUT2D eigenvalue weighted by Gasteiger charge is -2.10. The molecule has 0 fully saturated rings. The summed E-state index contributed by atoms with van der Waals surface area (Å²) in [7, 11) is 0. The molecule has 112 valence electrons. The monoisotopic (exact) mass is 286 g/mol. The minimum absolute atomic E-state index is 0.0898. The fourth-order valence-electron chi connectivity index (χ4n) is 1.50. The van der Waals surface area contributed by atoms with Crippen LogP contribution in [-0.4, -0.2) is 25.6 Å². The number of anilines is 1. The predicted octanol–water partition coefficient (Wildman–Crippen LogP) is 2.86. The zero-order valence-electron chi connectivity index (χ0n) is 11.7. The molecular formula is C14H20F2N2O2. The second-order valence-electron chi connectivity index (χ2n) is 4.79. The van der Waals surface area contributed by atoms with E-state index in [0.717, 1.165) is 6.42 Å². The summed E-state index contributed by atoms with van der Waals surface area (Å²) in [6, 6.07) is 6.01. The molecule has 0 atom stereocenters. The molecule has 1 aromatic carbocycles. The maximum absolute atomic E-state index is 12.0. The molecule has 1 amide bonds. The van der Waals surface area contributed by atoms with Crippen molar-refractivity contribution < 1.29 is 18.3 Å². The molecule has 4 nitrogen and oxygen atoms in total. The molecule has 0 aromatic heterocycles. The summed E-state index contributed by atoms with van der Waals surface area (Å²) in [5.74, 6) is 0.538. The highest BCUT2D eigenvalue weighted by atomic mass is 19.3. The van der Waals surface area contributed by atoms with E-state index in [1.165, 1.54) is 12.1 Å². The highest BCUT2D eigenvalue weighted by Gasteiger charge is 2.04. The fraction of sp³-hybridized carbons (Fsp3) is 0.500. The molecule has 1 rings (SSSR count). The number of carbonyl (C=O) groups excluding carboxylic acids is 1. The Hall–Kier alpha value is -1.85. The zero-order valence-corrected chi connectivity index (χ0v) is 11.7. The van der Waals surface area contributed by atoms with Crippen LogP contribution in [0.5, 0.6) is 5.75 Å². The van der Waals surface area contributed by atoms with Gasteiger partial charge >= 0.3 is 6.61 Å². The first-order valence-electron chi connectivity index (χ1n) is 6.53. The minimum Gasteiger partial charge on any atom is -0.435 e. The summed E-state index contributed by atoms with van der Waals surface area (Å²) in [6.07, 6.45) is 0.936. The van der Waals surface area contributed by atoms with Crippen molar-refractivity contribution in [3.8, 4) is 5.75 Å². The van der Waals surface area contributed by atoms with Crippen LogP contribution in [0, 0.1) is 5.92 Å². The third-order valence-electron chi connectivity index (χ3n) is 2.58. The Balaban J connectivity index is 2.29. The lowest BCUT2D eigenvalue weighted by Crippen LogP contribution is -2.31. The molecule has 0 unspecified atom stereocenters. The number of alkyl halides is 2. The maximum atomic E-state index is 12.0. The third kappa shape index (κ3) is 6.92. The second-order valence-corrected chi connectivity index (χ2v) is 4.79. The second kappa shape index (κ2) is 8.35. The van der Waals surface area contributed by atoms with Crippen LogP contribution in [-0.2, 0) is 4.79 Å². The van der Waals surface area contributed by atoms with Crippen molar-refractivity contribution in [2.24, 2.45) is 5.92 Å². The lowest BCUT2D eigenvalue weighted by atomic mass is 10.1. The van der Waals surface area contributed by atoms with Crippen molar-refractivity contribution in [2.45, 2.75) is 26.9 Å². The molecule has 0 saturated carbocycles. The van der Waals surface area contributed by atoms with Gasteiger partial charge in [-0.2, -0.15) is 8.78 Å². The smallest absolute Gasteiger partial charge is 0.387 e. The number of carbonyl (C=O) groups is 1. The van der Waals surface area contributed by atoms with E-state index in [-0.39, 0.29) is 18.2 Å². The van der Waals surface area contributed by atoms with Crippen molar-refractivity contribution in [3.63, 3.8) is 0 Å². The van der Waals surface area contributed by atoms with E-state index in [0.29, 0.717) is 18.2 Å². The number of amides is 1. The Morgan fingerprint density at radius 1 is 1.25 bits per heavy atom. The normalized spacial score (nSPS) is 10.7. The Labute approximate surface area is 117 Å². The van der Waals surface area contributed by atoms with Crippen LogP contribution in [0.2, 0.25) is 0 Å². The van der Waals surface area contributed by atoms with Crippen LogP contribution in [0.4, 0.5) is 14.5 Å². The first kappa shape index (κ1) is 16.2. The molecular weight excluding hydrogens is 266 g/mol. The molecule has 20 heavy (non-hydrogen) atoms. The summed E-state index contributed by atoms with van der Waals surface area (Å²) >= 11 is 0. The van der Waals surface area contributed by atoms with E-state index < -0.39 is 6.61 Å². The van der Waals surface area contributed by atoms with Gasteiger partial charge < -0.3 is 15.4 Å². The van der Waals surface area contributed by atoms with E-state index in [9.17, 15) is 13.6 Å². The molecule has 0 saturated heterocycles. The standard InChI is InChI=1S/C14H20F2N2O2/c1-10(2)7-8-17-13(19)9-18-11-3-5-12(6-4-11)20-14(15)16/h3-6,10,14,18H,7-9H2,1-2H3,(H,17,19). The zero-order chi connectivity index (χ0) is 15.0. The number of rotatable bonds is 8. The SMILES string of the molecule is CC(C)CCNC(=O)CNc1ccc(OC(F)F)cc1. The molecule has 0 bridgehead atoms. The van der Waals surface area contributed by atoms with Crippen molar-refractivity contribution in [1.29, 1.82) is 0 Å². The average Bonchev–Trinajstić information content (AvgIpc) is 2.37. The first-order chi connectivity index (χ1) is 9.47. The Morgan fingerprint density at radius 2 is 1.90 bits per heavy atom. The summed E-state index contributed by atoms with van der Waals surface area (Å²) in [4.78, 5) is 11.5. The summed E-state index contributed by atoms with van der Waals surface area (Å²) in [6.45, 7) is 2.15. The van der Waals surface area contributed by atoms with E-state index in [4.69, 9.17) is 0 Å². The molecule has 0 radical (unpaired) electrons. The number of benzene rings is 1. The minimum atomic E-state index is -2.83. The Morgan fingerprint density at radius 3 is 2.45 bits per heavy atom. The van der Waals surface area contributed by atoms with Gasteiger partial charge in [0, 0.05) is 12.2 Å². The van der Waals surface area contributed by atoms with Gasteiger partial charge in [-0.05, 0) is 36.6 Å². The van der Waals surface area contributed by atoms with Crippen LogP contribution >= 0.6 is 0 Å². The van der Waals surface area contributed by atoms with Gasteiger partial charge in [0.25, 0.3) is 0 Å². The van der Waals surface area contributed by atoms with E-state index in [2.05, 4.69) is 29.2 Å². The third-order valence-corrected chi connectivity index (χ3v) is 2.58. The Bertz CT molecular complexity index is 408. The van der Waals surface area contributed by atoms with Gasteiger partial charge in [0.1, 0.15) is 5.75 Å². The molecule has 0 spiro atoms. The highest BCUT2D eigenvalue weighted by Crippen LogP contribution is 2.17. The number of halogens is 2. The van der Waals surface area contributed by atoms with Crippen molar-refractivity contribution >= 4 is 11.6 Å². The average molecular weight is 286 g/mol. The van der Waals surface area contributed by atoms with Gasteiger partial charge in [-0.1, -0.05) is 13.8 Å². The summed E-state index contributed by atoms with van der Waals surface area (Å²) < 4.78 is 28.1. The van der Waals surface area contributed by atoms with Gasteiger partial charge in [-0.3, -0.25) is 4.79 Å². The van der Waals surface area contributed by atoms with Gasteiger partial charge in [-0.15, -0.1) is 0 Å². The quantitative estimate of drug-likeness (QED) is 0.772. The molecule has 0 aliphatic heterocycles. The molecule has 1 aromatic rings. The molecule has 6 heteroatoms. The molecule has 0 aliphatic carbocycles. The van der Waals surface area contributed by atoms with Crippen LogP contribution in [0.3, 0.4) is 0 Å². The van der Waals surface area contributed by atoms with Crippen LogP contribution in [0.1, 0.15) is 20.3 Å². The lowest BCUT2D eigenvalue weighted by molar-refractivity contribution is -0.119. The van der Waals surface area contributed by atoms with E-state index >= 15 is 0 Å². The predicted molar refractivity (Wildman–Crippen MR) is 74.0 cm³/mol. The summed E-state index contributed by atoms with van der Waals surface area (Å²) in [5.41, 5.74) is 0.672. The molecule has 0 aliphatic rings. The van der Waals surface area contributed by atoms with Gasteiger partial charge in [0.2, 0.25) is 5.91 Å². The van der Waals surface area contributed by atoms with Crippen molar-refractivity contribution in [1.82, 2.24) is 5.32 Å². The van der Waals surface area contributed by atoms with Crippen LogP contribution < -0.4 is 15.4 Å². The van der Waals surface area contributed by atoms with Gasteiger partial charge in [-0.25, -0.2) is 0 Å². The molecule has 0 heterocycles. The van der Waals surface area contributed by atoms with Crippen molar-refractivity contribution in [3.05, 3.63) is 24.3 Å².